The summed E-state index contributed by atoms with van der Waals surface area (Å²) < 4.78 is 11.0. The van der Waals surface area contributed by atoms with Crippen LogP contribution in [-0.2, 0) is 19.1 Å². The Labute approximate surface area is 120 Å². The van der Waals surface area contributed by atoms with Crippen LogP contribution in [0.2, 0.25) is 0 Å². The Morgan fingerprint density at radius 3 is 1.30 bits per heavy atom. The maximum absolute atomic E-state index is 12.2. The van der Waals surface area contributed by atoms with E-state index in [9.17, 15) is 9.59 Å². The van der Waals surface area contributed by atoms with Crippen LogP contribution < -0.4 is 0 Å². The van der Waals surface area contributed by atoms with Gasteiger partial charge in [0.25, 0.3) is 0 Å². The topological polar surface area (TPSA) is 52.6 Å². The van der Waals surface area contributed by atoms with Crippen molar-refractivity contribution in [3.8, 4) is 0 Å². The van der Waals surface area contributed by atoms with Gasteiger partial charge in [-0.3, -0.25) is 0 Å². The van der Waals surface area contributed by atoms with Crippen LogP contribution in [0.25, 0.3) is 0 Å². The zero-order chi connectivity index (χ0) is 13.9. The van der Waals surface area contributed by atoms with Crippen LogP contribution in [0.4, 0.5) is 0 Å². The summed E-state index contributed by atoms with van der Waals surface area (Å²) >= 11 is 0. The van der Waals surface area contributed by atoms with Crippen LogP contribution in [0.3, 0.4) is 0 Å². The summed E-state index contributed by atoms with van der Waals surface area (Å²) in [6.45, 7) is 0. The molecule has 0 aromatic carbocycles. The van der Waals surface area contributed by atoms with E-state index in [0.29, 0.717) is 0 Å². The van der Waals surface area contributed by atoms with Crippen molar-refractivity contribution in [2.24, 2.45) is 11.8 Å². The highest BCUT2D eigenvalue weighted by atomic mass is 16.6. The maximum atomic E-state index is 12.2. The number of carbonyl (C=O) groups excluding carboxylic acids is 2. The molecule has 3 rings (SSSR count). The van der Waals surface area contributed by atoms with Crippen molar-refractivity contribution in [1.82, 2.24) is 0 Å². The van der Waals surface area contributed by atoms with E-state index in [0.717, 1.165) is 51.4 Å². The number of rotatable bonds is 2. The first-order valence-electron chi connectivity index (χ1n) is 8.16. The molecular formula is C16H24O4. The Kier molecular flexibility index (Phi) is 4.27. The van der Waals surface area contributed by atoms with E-state index in [2.05, 4.69) is 0 Å². The Hall–Kier alpha value is -1.06. The predicted molar refractivity (Wildman–Crippen MR) is 72.9 cm³/mol. The van der Waals surface area contributed by atoms with Crippen molar-refractivity contribution >= 4 is 11.9 Å². The fourth-order valence-electron chi connectivity index (χ4n) is 3.93. The molecule has 2 saturated carbocycles. The molecule has 0 amide bonds. The van der Waals surface area contributed by atoms with Crippen LogP contribution in [0, 0.1) is 11.8 Å². The summed E-state index contributed by atoms with van der Waals surface area (Å²) in [5.74, 6) is -0.251. The minimum atomic E-state index is -0.636. The summed E-state index contributed by atoms with van der Waals surface area (Å²) in [6, 6.07) is 0. The Balaban J connectivity index is 1.63. The molecule has 2 atom stereocenters. The van der Waals surface area contributed by atoms with E-state index in [1.165, 1.54) is 12.8 Å². The number of cyclic esters (lactones) is 2. The lowest BCUT2D eigenvalue weighted by Gasteiger charge is -2.37. The molecule has 3 aliphatic rings. The molecule has 112 valence electrons. The van der Waals surface area contributed by atoms with Crippen molar-refractivity contribution in [2.75, 3.05) is 0 Å². The second-order valence-corrected chi connectivity index (χ2v) is 6.51. The smallest absolute Gasteiger partial charge is 0.348 e. The van der Waals surface area contributed by atoms with Crippen molar-refractivity contribution in [3.63, 3.8) is 0 Å². The van der Waals surface area contributed by atoms with Crippen molar-refractivity contribution < 1.29 is 19.1 Å². The lowest BCUT2D eigenvalue weighted by Crippen LogP contribution is -2.50. The number of carbonyl (C=O) groups is 2. The molecule has 0 aromatic heterocycles. The molecule has 2 aliphatic carbocycles. The van der Waals surface area contributed by atoms with Crippen LogP contribution in [0.5, 0.6) is 0 Å². The zero-order valence-electron chi connectivity index (χ0n) is 12.0. The number of esters is 2. The molecule has 3 fully saturated rings. The number of hydrogen-bond acceptors (Lipinski definition) is 4. The molecule has 1 heterocycles. The molecular weight excluding hydrogens is 256 g/mol. The van der Waals surface area contributed by atoms with Crippen molar-refractivity contribution in [3.05, 3.63) is 0 Å². The summed E-state index contributed by atoms with van der Waals surface area (Å²) in [5.41, 5.74) is 0. The SMILES string of the molecule is O=C1OC(C2CCCCC2)C(=O)OC1C1CCCCC1. The second-order valence-electron chi connectivity index (χ2n) is 6.51. The summed E-state index contributed by atoms with van der Waals surface area (Å²) in [6.07, 6.45) is 9.55. The second kappa shape index (κ2) is 6.15. The van der Waals surface area contributed by atoms with Crippen LogP contribution in [0.1, 0.15) is 64.2 Å². The summed E-state index contributed by atoms with van der Waals surface area (Å²) in [5, 5.41) is 0. The van der Waals surface area contributed by atoms with Crippen LogP contribution >= 0.6 is 0 Å². The molecule has 0 N–H and O–H groups in total. The maximum Gasteiger partial charge on any atom is 0.348 e. The first kappa shape index (κ1) is 13.9. The standard InChI is InChI=1S/C16H24O4/c17-15-13(11-7-3-1-4-8-11)19-16(18)14(20-15)12-9-5-2-6-10-12/h11-14H,1-10H2. The minimum absolute atomic E-state index is 0.174. The summed E-state index contributed by atoms with van der Waals surface area (Å²) in [7, 11) is 0. The van der Waals surface area contributed by atoms with E-state index >= 15 is 0 Å². The van der Waals surface area contributed by atoms with E-state index in [-0.39, 0.29) is 23.8 Å². The van der Waals surface area contributed by atoms with E-state index in [4.69, 9.17) is 9.47 Å². The van der Waals surface area contributed by atoms with Gasteiger partial charge in [0.15, 0.2) is 0 Å². The average Bonchev–Trinajstić information content (AvgIpc) is 2.51. The van der Waals surface area contributed by atoms with Gasteiger partial charge in [-0.25, -0.2) is 9.59 Å². The largest absolute Gasteiger partial charge is 0.447 e. The van der Waals surface area contributed by atoms with Gasteiger partial charge in [-0.05, 0) is 25.7 Å². The van der Waals surface area contributed by atoms with E-state index in [1.54, 1.807) is 0 Å². The monoisotopic (exact) mass is 280 g/mol. The third kappa shape index (κ3) is 2.84. The van der Waals surface area contributed by atoms with Crippen LogP contribution in [-0.4, -0.2) is 24.1 Å². The van der Waals surface area contributed by atoms with Crippen molar-refractivity contribution in [1.29, 1.82) is 0 Å². The van der Waals surface area contributed by atoms with Gasteiger partial charge in [-0.15, -0.1) is 0 Å². The third-order valence-electron chi connectivity index (χ3n) is 5.11. The van der Waals surface area contributed by atoms with Gasteiger partial charge in [0, 0.05) is 11.8 Å². The highest BCUT2D eigenvalue weighted by Crippen LogP contribution is 2.34. The average molecular weight is 280 g/mol. The Morgan fingerprint density at radius 1 is 0.600 bits per heavy atom. The van der Waals surface area contributed by atoms with Gasteiger partial charge in [0.05, 0.1) is 0 Å². The fourth-order valence-corrected chi connectivity index (χ4v) is 3.93. The lowest BCUT2D eigenvalue weighted by molar-refractivity contribution is -0.205. The first-order valence-corrected chi connectivity index (χ1v) is 8.16. The number of ether oxygens (including phenoxy) is 2. The van der Waals surface area contributed by atoms with E-state index < -0.39 is 12.2 Å². The Morgan fingerprint density at radius 2 is 0.950 bits per heavy atom. The van der Waals surface area contributed by atoms with Gasteiger partial charge < -0.3 is 9.47 Å². The molecule has 0 radical (unpaired) electrons. The van der Waals surface area contributed by atoms with Gasteiger partial charge >= 0.3 is 11.9 Å². The van der Waals surface area contributed by atoms with E-state index in [1.807, 2.05) is 0 Å². The molecule has 1 saturated heterocycles. The molecule has 4 heteroatoms. The highest BCUT2D eigenvalue weighted by Gasteiger charge is 2.45. The third-order valence-corrected chi connectivity index (χ3v) is 5.11. The summed E-state index contributed by atoms with van der Waals surface area (Å²) in [4.78, 5) is 24.4. The minimum Gasteiger partial charge on any atom is -0.447 e. The normalized spacial score (nSPS) is 33.6. The van der Waals surface area contributed by atoms with Gasteiger partial charge in [-0.2, -0.15) is 0 Å². The number of hydrogen-bond donors (Lipinski definition) is 0. The molecule has 4 nitrogen and oxygen atoms in total. The van der Waals surface area contributed by atoms with Crippen LogP contribution in [0.15, 0.2) is 0 Å². The van der Waals surface area contributed by atoms with Gasteiger partial charge in [0.2, 0.25) is 12.2 Å². The van der Waals surface area contributed by atoms with Gasteiger partial charge in [0.1, 0.15) is 0 Å². The highest BCUT2D eigenvalue weighted by molar-refractivity contribution is 5.87. The lowest BCUT2D eigenvalue weighted by atomic mass is 9.83. The molecule has 0 aromatic rings. The Bertz CT molecular complexity index is 331. The molecule has 0 spiro atoms. The fraction of sp³-hybridized carbons (Fsp3) is 0.875. The van der Waals surface area contributed by atoms with Crippen molar-refractivity contribution in [2.45, 2.75) is 76.4 Å². The molecule has 2 unspecified atom stereocenters. The molecule has 20 heavy (non-hydrogen) atoms. The van der Waals surface area contributed by atoms with Gasteiger partial charge in [-0.1, -0.05) is 38.5 Å². The molecule has 0 bridgehead atoms. The first-order chi connectivity index (χ1) is 9.75. The molecule has 1 aliphatic heterocycles. The zero-order valence-corrected chi connectivity index (χ0v) is 12.0. The predicted octanol–water partition coefficient (Wildman–Crippen LogP) is 2.98. The quantitative estimate of drug-likeness (QED) is 0.730.